The third kappa shape index (κ3) is 4.18. The Kier molecular flexibility index (Phi) is 5.03. The van der Waals surface area contributed by atoms with E-state index >= 15 is 0 Å². The summed E-state index contributed by atoms with van der Waals surface area (Å²) in [6.07, 6.45) is 1.85. The Bertz CT molecular complexity index is 866. The van der Waals surface area contributed by atoms with Crippen molar-refractivity contribution in [3.63, 3.8) is 0 Å². The van der Waals surface area contributed by atoms with Crippen molar-refractivity contribution in [3.05, 3.63) is 59.9 Å². The SMILES string of the molecule is Cc1ccc(OCC(=O)NCc2ccc3c(c2)ncn3C(C)C)cc1. The van der Waals surface area contributed by atoms with Crippen molar-refractivity contribution >= 4 is 16.9 Å². The number of carbonyl (C=O) groups is 1. The first kappa shape index (κ1) is 17.0. The molecule has 0 aliphatic carbocycles. The fourth-order valence-electron chi connectivity index (χ4n) is 2.63. The molecular weight excluding hydrogens is 314 g/mol. The van der Waals surface area contributed by atoms with Gasteiger partial charge < -0.3 is 14.6 Å². The van der Waals surface area contributed by atoms with Gasteiger partial charge in [0.15, 0.2) is 6.61 Å². The first-order chi connectivity index (χ1) is 12.0. The highest BCUT2D eigenvalue weighted by molar-refractivity contribution is 5.78. The minimum atomic E-state index is -0.145. The van der Waals surface area contributed by atoms with Gasteiger partial charge in [0.25, 0.3) is 5.91 Å². The summed E-state index contributed by atoms with van der Waals surface area (Å²) in [6, 6.07) is 14.1. The van der Waals surface area contributed by atoms with Crippen LogP contribution in [-0.4, -0.2) is 22.1 Å². The van der Waals surface area contributed by atoms with Crippen molar-refractivity contribution in [2.24, 2.45) is 0 Å². The summed E-state index contributed by atoms with van der Waals surface area (Å²) in [5.41, 5.74) is 4.22. The molecule has 1 N–H and O–H groups in total. The van der Waals surface area contributed by atoms with Crippen LogP contribution in [0.1, 0.15) is 31.0 Å². The quantitative estimate of drug-likeness (QED) is 0.747. The van der Waals surface area contributed by atoms with Gasteiger partial charge >= 0.3 is 0 Å². The minimum Gasteiger partial charge on any atom is -0.484 e. The topological polar surface area (TPSA) is 56.1 Å². The zero-order valence-electron chi connectivity index (χ0n) is 14.8. The third-order valence-corrected chi connectivity index (χ3v) is 4.08. The summed E-state index contributed by atoms with van der Waals surface area (Å²) in [5, 5.41) is 2.88. The first-order valence-corrected chi connectivity index (χ1v) is 8.44. The van der Waals surface area contributed by atoms with Crippen LogP contribution in [0.25, 0.3) is 11.0 Å². The van der Waals surface area contributed by atoms with Crippen LogP contribution >= 0.6 is 0 Å². The van der Waals surface area contributed by atoms with E-state index in [2.05, 4.69) is 28.7 Å². The van der Waals surface area contributed by atoms with Gasteiger partial charge in [0, 0.05) is 12.6 Å². The Morgan fingerprint density at radius 1 is 1.20 bits per heavy atom. The number of carbonyl (C=O) groups excluding carboxylic acids is 1. The number of aryl methyl sites for hydroxylation is 1. The number of aromatic nitrogens is 2. The molecule has 3 rings (SSSR count). The molecule has 0 aliphatic heterocycles. The van der Waals surface area contributed by atoms with Crippen LogP contribution in [-0.2, 0) is 11.3 Å². The summed E-state index contributed by atoms with van der Waals surface area (Å²) in [7, 11) is 0. The largest absolute Gasteiger partial charge is 0.484 e. The number of hydrogen-bond acceptors (Lipinski definition) is 3. The molecule has 0 spiro atoms. The van der Waals surface area contributed by atoms with Crippen LogP contribution < -0.4 is 10.1 Å². The number of amides is 1. The van der Waals surface area contributed by atoms with Crippen LogP contribution in [0.2, 0.25) is 0 Å². The van der Waals surface area contributed by atoms with Gasteiger partial charge in [0.05, 0.1) is 17.4 Å². The molecule has 2 aromatic carbocycles. The average Bonchev–Trinajstić information content (AvgIpc) is 3.03. The lowest BCUT2D eigenvalue weighted by Crippen LogP contribution is -2.28. The average molecular weight is 337 g/mol. The van der Waals surface area contributed by atoms with Gasteiger partial charge in [-0.15, -0.1) is 0 Å². The number of fused-ring (bicyclic) bond motifs is 1. The predicted octanol–water partition coefficient (Wildman–Crippen LogP) is 3.62. The lowest BCUT2D eigenvalue weighted by Gasteiger charge is -2.09. The van der Waals surface area contributed by atoms with E-state index in [4.69, 9.17) is 4.74 Å². The highest BCUT2D eigenvalue weighted by atomic mass is 16.5. The highest BCUT2D eigenvalue weighted by Crippen LogP contribution is 2.18. The molecule has 0 bridgehead atoms. The highest BCUT2D eigenvalue weighted by Gasteiger charge is 2.07. The Morgan fingerprint density at radius 3 is 2.68 bits per heavy atom. The molecule has 25 heavy (non-hydrogen) atoms. The second-order valence-corrected chi connectivity index (χ2v) is 6.45. The van der Waals surface area contributed by atoms with E-state index in [-0.39, 0.29) is 12.5 Å². The van der Waals surface area contributed by atoms with Crippen LogP contribution in [0.3, 0.4) is 0 Å². The second kappa shape index (κ2) is 7.38. The van der Waals surface area contributed by atoms with Crippen molar-refractivity contribution in [2.75, 3.05) is 6.61 Å². The lowest BCUT2D eigenvalue weighted by atomic mass is 10.2. The summed E-state index contributed by atoms with van der Waals surface area (Å²) >= 11 is 0. The van der Waals surface area contributed by atoms with E-state index in [1.54, 1.807) is 0 Å². The van der Waals surface area contributed by atoms with Gasteiger partial charge in [-0.2, -0.15) is 0 Å². The summed E-state index contributed by atoms with van der Waals surface area (Å²) in [6.45, 7) is 6.73. The number of imidazole rings is 1. The van der Waals surface area contributed by atoms with Gasteiger partial charge in [-0.3, -0.25) is 4.79 Å². The molecule has 0 fully saturated rings. The zero-order chi connectivity index (χ0) is 17.8. The first-order valence-electron chi connectivity index (χ1n) is 8.44. The summed E-state index contributed by atoms with van der Waals surface area (Å²) < 4.78 is 7.62. The summed E-state index contributed by atoms with van der Waals surface area (Å²) in [4.78, 5) is 16.4. The van der Waals surface area contributed by atoms with Crippen molar-refractivity contribution < 1.29 is 9.53 Å². The lowest BCUT2D eigenvalue weighted by molar-refractivity contribution is -0.123. The van der Waals surface area contributed by atoms with Crippen molar-refractivity contribution in [1.29, 1.82) is 0 Å². The number of ether oxygens (including phenoxy) is 1. The van der Waals surface area contributed by atoms with E-state index in [1.807, 2.05) is 55.7 Å². The Labute approximate surface area is 147 Å². The van der Waals surface area contributed by atoms with E-state index in [0.717, 1.165) is 22.2 Å². The van der Waals surface area contributed by atoms with Crippen LogP contribution in [0, 0.1) is 6.92 Å². The molecule has 0 aliphatic rings. The molecule has 5 nitrogen and oxygen atoms in total. The van der Waals surface area contributed by atoms with Crippen LogP contribution in [0.4, 0.5) is 0 Å². The molecule has 0 saturated carbocycles. The molecule has 0 atom stereocenters. The maximum Gasteiger partial charge on any atom is 0.258 e. The standard InChI is InChI=1S/C20H23N3O2/c1-14(2)23-13-22-18-10-16(6-9-19(18)23)11-21-20(24)12-25-17-7-4-15(3)5-8-17/h4-10,13-14H,11-12H2,1-3H3,(H,21,24). The molecule has 130 valence electrons. The van der Waals surface area contributed by atoms with Gasteiger partial charge in [0.2, 0.25) is 0 Å². The summed E-state index contributed by atoms with van der Waals surface area (Å²) in [5.74, 6) is 0.551. The van der Waals surface area contributed by atoms with E-state index in [1.165, 1.54) is 0 Å². The molecule has 0 unspecified atom stereocenters. The van der Waals surface area contributed by atoms with Crippen LogP contribution in [0.5, 0.6) is 5.75 Å². The molecule has 1 amide bonds. The van der Waals surface area contributed by atoms with E-state index in [9.17, 15) is 4.79 Å². The monoisotopic (exact) mass is 337 g/mol. The van der Waals surface area contributed by atoms with Gasteiger partial charge in [-0.05, 0) is 50.6 Å². The molecule has 0 saturated heterocycles. The predicted molar refractivity (Wildman–Crippen MR) is 98.6 cm³/mol. The normalized spacial score (nSPS) is 11.0. The molecule has 5 heteroatoms. The fourth-order valence-corrected chi connectivity index (χ4v) is 2.63. The minimum absolute atomic E-state index is 0.00722. The Morgan fingerprint density at radius 2 is 1.96 bits per heavy atom. The zero-order valence-corrected chi connectivity index (χ0v) is 14.8. The molecule has 3 aromatic rings. The third-order valence-electron chi connectivity index (χ3n) is 4.08. The molecule has 1 aromatic heterocycles. The number of hydrogen-bond donors (Lipinski definition) is 1. The number of benzene rings is 2. The van der Waals surface area contributed by atoms with E-state index in [0.29, 0.717) is 18.3 Å². The van der Waals surface area contributed by atoms with Gasteiger partial charge in [0.1, 0.15) is 5.75 Å². The van der Waals surface area contributed by atoms with Crippen LogP contribution in [0.15, 0.2) is 48.8 Å². The second-order valence-electron chi connectivity index (χ2n) is 6.45. The van der Waals surface area contributed by atoms with Gasteiger partial charge in [-0.1, -0.05) is 23.8 Å². The van der Waals surface area contributed by atoms with E-state index < -0.39 is 0 Å². The Balaban J connectivity index is 1.55. The fraction of sp³-hybridized carbons (Fsp3) is 0.300. The number of rotatable bonds is 6. The van der Waals surface area contributed by atoms with Gasteiger partial charge in [-0.25, -0.2) is 4.98 Å². The number of nitrogens with one attached hydrogen (secondary N) is 1. The Hall–Kier alpha value is -2.82. The smallest absolute Gasteiger partial charge is 0.258 e. The maximum absolute atomic E-state index is 12.0. The molecular formula is C20H23N3O2. The molecule has 1 heterocycles. The van der Waals surface area contributed by atoms with Crippen molar-refractivity contribution in [2.45, 2.75) is 33.4 Å². The number of nitrogens with zero attached hydrogens (tertiary/aromatic N) is 2. The van der Waals surface area contributed by atoms with Crippen molar-refractivity contribution in [3.8, 4) is 5.75 Å². The maximum atomic E-state index is 12.0. The molecule has 0 radical (unpaired) electrons. The van der Waals surface area contributed by atoms with Crippen molar-refractivity contribution in [1.82, 2.24) is 14.9 Å².